The normalized spacial score (nSPS) is 10.2. The van der Waals surface area contributed by atoms with Gasteiger partial charge in [0.05, 0.1) is 10.7 Å². The highest BCUT2D eigenvalue weighted by Gasteiger charge is 2.12. The predicted molar refractivity (Wildman–Crippen MR) is 79.4 cm³/mol. The molecule has 2 aromatic carbocycles. The number of hydrogen-bond donors (Lipinski definition) is 1. The molecule has 2 rings (SSSR count). The monoisotopic (exact) mass is 357 g/mol. The van der Waals surface area contributed by atoms with E-state index in [2.05, 4.69) is 21.2 Å². The van der Waals surface area contributed by atoms with Crippen LogP contribution in [0.5, 0.6) is 0 Å². The number of hydrogen-bond acceptors (Lipinski definition) is 2. The van der Waals surface area contributed by atoms with Crippen LogP contribution < -0.4 is 5.32 Å². The molecule has 0 spiro atoms. The quantitative estimate of drug-likeness (QED) is 0.839. The first-order valence-corrected chi connectivity index (χ1v) is 6.85. The van der Waals surface area contributed by atoms with Gasteiger partial charge in [-0.25, -0.2) is 9.18 Å². The molecule has 6 heteroatoms. The predicted octanol–water partition coefficient (Wildman–Crippen LogP) is 4.99. The Morgan fingerprint density at radius 1 is 1.30 bits per heavy atom. The number of carbonyl (C=O) groups is 1. The topological polar surface area (TPSA) is 38.3 Å². The molecule has 0 fully saturated rings. The van der Waals surface area contributed by atoms with E-state index in [9.17, 15) is 9.18 Å². The van der Waals surface area contributed by atoms with Crippen LogP contribution in [0.2, 0.25) is 5.02 Å². The number of amides is 1. The standard InChI is InChI=1S/C14H10BrClFNO2/c15-11-6-10(17)7-12(16)13(11)18-14(19)20-8-9-4-2-1-3-5-9/h1-7H,8H2,(H,18,19). The van der Waals surface area contributed by atoms with E-state index in [4.69, 9.17) is 16.3 Å². The molecule has 0 aromatic heterocycles. The number of benzene rings is 2. The maximum absolute atomic E-state index is 13.1. The lowest BCUT2D eigenvalue weighted by molar-refractivity contribution is 0.155. The molecule has 0 aliphatic rings. The summed E-state index contributed by atoms with van der Waals surface area (Å²) < 4.78 is 18.5. The first-order valence-electron chi connectivity index (χ1n) is 5.68. The SMILES string of the molecule is O=C(Nc1c(Cl)cc(F)cc1Br)OCc1ccccc1. The van der Waals surface area contributed by atoms with Gasteiger partial charge in [-0.3, -0.25) is 5.32 Å². The lowest BCUT2D eigenvalue weighted by Crippen LogP contribution is -2.14. The maximum Gasteiger partial charge on any atom is 0.412 e. The average molecular weight is 359 g/mol. The molecule has 0 unspecified atom stereocenters. The van der Waals surface area contributed by atoms with Crippen molar-refractivity contribution in [3.8, 4) is 0 Å². The van der Waals surface area contributed by atoms with Crippen LogP contribution in [0, 0.1) is 5.82 Å². The summed E-state index contributed by atoms with van der Waals surface area (Å²) in [5, 5.41) is 2.56. The summed E-state index contributed by atoms with van der Waals surface area (Å²) in [4.78, 5) is 11.7. The zero-order chi connectivity index (χ0) is 14.5. The first-order chi connectivity index (χ1) is 9.56. The van der Waals surface area contributed by atoms with Gasteiger partial charge in [-0.15, -0.1) is 0 Å². The van der Waals surface area contributed by atoms with E-state index in [1.807, 2.05) is 30.3 Å². The van der Waals surface area contributed by atoms with Crippen molar-refractivity contribution in [1.29, 1.82) is 0 Å². The number of halogens is 3. The second-order valence-electron chi connectivity index (χ2n) is 3.93. The van der Waals surface area contributed by atoms with Crippen molar-refractivity contribution in [3.63, 3.8) is 0 Å². The van der Waals surface area contributed by atoms with Crippen molar-refractivity contribution in [2.75, 3.05) is 5.32 Å². The highest BCUT2D eigenvalue weighted by Crippen LogP contribution is 2.31. The van der Waals surface area contributed by atoms with Crippen molar-refractivity contribution < 1.29 is 13.9 Å². The molecule has 0 saturated heterocycles. The Hall–Kier alpha value is -1.59. The van der Waals surface area contributed by atoms with Gasteiger partial charge in [0.1, 0.15) is 12.4 Å². The summed E-state index contributed by atoms with van der Waals surface area (Å²) in [7, 11) is 0. The van der Waals surface area contributed by atoms with Gasteiger partial charge in [0.25, 0.3) is 0 Å². The highest BCUT2D eigenvalue weighted by molar-refractivity contribution is 9.10. The van der Waals surface area contributed by atoms with Crippen molar-refractivity contribution in [3.05, 3.63) is 63.3 Å². The van der Waals surface area contributed by atoms with E-state index >= 15 is 0 Å². The van der Waals surface area contributed by atoms with Crippen molar-refractivity contribution in [1.82, 2.24) is 0 Å². The summed E-state index contributed by atoms with van der Waals surface area (Å²) in [5.74, 6) is -0.495. The fourth-order valence-corrected chi connectivity index (χ4v) is 2.42. The zero-order valence-corrected chi connectivity index (χ0v) is 12.5. The van der Waals surface area contributed by atoms with Gasteiger partial charge in [0, 0.05) is 4.47 Å². The Morgan fingerprint density at radius 2 is 2.00 bits per heavy atom. The molecule has 0 saturated carbocycles. The molecule has 1 N–H and O–H groups in total. The third-order valence-corrected chi connectivity index (χ3v) is 3.37. The van der Waals surface area contributed by atoms with E-state index in [-0.39, 0.29) is 17.3 Å². The van der Waals surface area contributed by atoms with Gasteiger partial charge in [-0.1, -0.05) is 41.9 Å². The van der Waals surface area contributed by atoms with E-state index in [1.165, 1.54) is 6.07 Å². The van der Waals surface area contributed by atoms with Crippen molar-refractivity contribution >= 4 is 39.3 Å². The fourth-order valence-electron chi connectivity index (χ4n) is 1.52. The molecule has 0 atom stereocenters. The Kier molecular flexibility index (Phi) is 4.98. The smallest absolute Gasteiger partial charge is 0.412 e. The molecule has 3 nitrogen and oxygen atoms in total. The van der Waals surface area contributed by atoms with Gasteiger partial charge in [0.2, 0.25) is 0 Å². The molecule has 1 amide bonds. The molecule has 0 heterocycles. The Bertz CT molecular complexity index is 599. The minimum atomic E-state index is -0.664. The summed E-state index contributed by atoms with van der Waals surface area (Å²) in [6.07, 6.45) is -0.664. The van der Waals surface area contributed by atoms with Gasteiger partial charge < -0.3 is 4.74 Å². The minimum absolute atomic E-state index is 0.0912. The van der Waals surface area contributed by atoms with E-state index in [1.54, 1.807) is 0 Å². The number of nitrogens with one attached hydrogen (secondary N) is 1. The van der Waals surface area contributed by atoms with Gasteiger partial charge >= 0.3 is 6.09 Å². The molecule has 2 aromatic rings. The molecule has 104 valence electrons. The van der Waals surface area contributed by atoms with Gasteiger partial charge in [-0.05, 0) is 33.6 Å². The van der Waals surface area contributed by atoms with Crippen LogP contribution in [0.15, 0.2) is 46.9 Å². The number of rotatable bonds is 3. The van der Waals surface area contributed by atoms with E-state index in [0.29, 0.717) is 4.47 Å². The number of ether oxygens (including phenoxy) is 1. The average Bonchev–Trinajstić information content (AvgIpc) is 2.42. The largest absolute Gasteiger partial charge is 0.444 e. The minimum Gasteiger partial charge on any atom is -0.444 e. The molecular formula is C14H10BrClFNO2. The molecule has 0 radical (unpaired) electrons. The third kappa shape index (κ3) is 3.95. The molecule has 0 bridgehead atoms. The Balaban J connectivity index is 1.98. The zero-order valence-electron chi connectivity index (χ0n) is 10.2. The number of carbonyl (C=O) groups excluding carboxylic acids is 1. The highest BCUT2D eigenvalue weighted by atomic mass is 79.9. The maximum atomic E-state index is 13.1. The summed E-state index contributed by atoms with van der Waals surface area (Å²) in [6.45, 7) is 0.142. The molecule has 0 aliphatic heterocycles. The number of anilines is 1. The molecular weight excluding hydrogens is 349 g/mol. The second-order valence-corrected chi connectivity index (χ2v) is 5.19. The summed E-state index contributed by atoms with van der Waals surface area (Å²) >= 11 is 8.98. The van der Waals surface area contributed by atoms with Crippen LogP contribution in [-0.2, 0) is 11.3 Å². The van der Waals surface area contributed by atoms with Gasteiger partial charge in [-0.2, -0.15) is 0 Å². The third-order valence-electron chi connectivity index (χ3n) is 2.45. The van der Waals surface area contributed by atoms with Crippen molar-refractivity contribution in [2.45, 2.75) is 6.61 Å². The van der Waals surface area contributed by atoms with Crippen molar-refractivity contribution in [2.24, 2.45) is 0 Å². The van der Waals surface area contributed by atoms with Crippen LogP contribution in [-0.4, -0.2) is 6.09 Å². The van der Waals surface area contributed by atoms with Crippen LogP contribution >= 0.6 is 27.5 Å². The Labute approximate surface area is 128 Å². The summed E-state index contributed by atoms with van der Waals surface area (Å²) in [5.41, 5.74) is 1.14. The lowest BCUT2D eigenvalue weighted by Gasteiger charge is -2.10. The first kappa shape index (κ1) is 14.8. The van der Waals surface area contributed by atoms with Crippen LogP contribution in [0.3, 0.4) is 0 Å². The molecule has 0 aliphatic carbocycles. The fraction of sp³-hybridized carbons (Fsp3) is 0.0714. The lowest BCUT2D eigenvalue weighted by atomic mass is 10.2. The van der Waals surface area contributed by atoms with Crippen LogP contribution in [0.1, 0.15) is 5.56 Å². The van der Waals surface area contributed by atoms with Crippen LogP contribution in [0.4, 0.5) is 14.9 Å². The van der Waals surface area contributed by atoms with Gasteiger partial charge in [0.15, 0.2) is 0 Å². The van der Waals surface area contributed by atoms with E-state index < -0.39 is 11.9 Å². The Morgan fingerprint density at radius 3 is 2.65 bits per heavy atom. The van der Waals surface area contributed by atoms with E-state index in [0.717, 1.165) is 11.6 Å². The van der Waals surface area contributed by atoms with Crippen LogP contribution in [0.25, 0.3) is 0 Å². The molecule has 20 heavy (non-hydrogen) atoms. The second kappa shape index (κ2) is 6.72. The summed E-state index contributed by atoms with van der Waals surface area (Å²) in [6, 6.07) is 11.6.